The second-order valence-electron chi connectivity index (χ2n) is 8.78. The third-order valence-electron chi connectivity index (χ3n) is 5.96. The van der Waals surface area contributed by atoms with E-state index in [2.05, 4.69) is 92.0 Å². The van der Waals surface area contributed by atoms with Gasteiger partial charge in [-0.05, 0) is 29.2 Å². The van der Waals surface area contributed by atoms with Gasteiger partial charge in [0.1, 0.15) is 11.5 Å². The number of hydrogen-bond donors (Lipinski definition) is 1. The fourth-order valence-electron chi connectivity index (χ4n) is 4.28. The van der Waals surface area contributed by atoms with Crippen molar-refractivity contribution in [3.05, 3.63) is 131 Å². The first-order valence-corrected chi connectivity index (χ1v) is 12.2. The lowest BCUT2D eigenvalue weighted by atomic mass is 9.81. The molecule has 1 N–H and O–H groups in total. The first kappa shape index (κ1) is 26.1. The monoisotopic (exact) mass is 467 g/mol. The van der Waals surface area contributed by atoms with E-state index >= 15 is 0 Å². The van der Waals surface area contributed by atoms with Crippen LogP contribution in [-0.4, -0.2) is 14.2 Å². The Balaban J connectivity index is 0.000000203. The zero-order chi connectivity index (χ0) is 24.9. The second kappa shape index (κ2) is 14.0. The summed E-state index contributed by atoms with van der Waals surface area (Å²) in [6, 6.07) is 37.3. The predicted octanol–water partition coefficient (Wildman–Crippen LogP) is 7.47. The number of hydrogen-bond acceptors (Lipinski definition) is 3. The predicted molar refractivity (Wildman–Crippen MR) is 146 cm³/mol. The first-order valence-electron chi connectivity index (χ1n) is 12.2. The minimum Gasteiger partial charge on any atom is -0.496 e. The van der Waals surface area contributed by atoms with Crippen molar-refractivity contribution in [2.75, 3.05) is 14.2 Å². The maximum Gasteiger partial charge on any atom is 0.122 e. The molecule has 0 spiro atoms. The number of ether oxygens (including phenoxy) is 2. The summed E-state index contributed by atoms with van der Waals surface area (Å²) >= 11 is 0. The van der Waals surface area contributed by atoms with E-state index in [9.17, 15) is 0 Å². The molecule has 4 rings (SSSR count). The van der Waals surface area contributed by atoms with Gasteiger partial charge in [0.2, 0.25) is 0 Å². The van der Waals surface area contributed by atoms with Gasteiger partial charge in [0.05, 0.1) is 14.2 Å². The fourth-order valence-corrected chi connectivity index (χ4v) is 4.28. The van der Waals surface area contributed by atoms with Crippen molar-refractivity contribution in [1.82, 2.24) is 5.32 Å². The molecule has 0 saturated heterocycles. The normalized spacial score (nSPS) is 10.6. The lowest BCUT2D eigenvalue weighted by Crippen LogP contribution is -2.12. The third kappa shape index (κ3) is 7.73. The van der Waals surface area contributed by atoms with Gasteiger partial charge >= 0.3 is 0 Å². The molecule has 0 aliphatic rings. The van der Waals surface area contributed by atoms with Gasteiger partial charge in [-0.25, -0.2) is 0 Å². The van der Waals surface area contributed by atoms with Gasteiger partial charge in [0.15, 0.2) is 0 Å². The number of methoxy groups -OCH3 is 2. The molecule has 4 aromatic carbocycles. The van der Waals surface area contributed by atoms with Gasteiger partial charge in [-0.2, -0.15) is 0 Å². The van der Waals surface area contributed by atoms with Gasteiger partial charge in [-0.15, -0.1) is 0 Å². The zero-order valence-corrected chi connectivity index (χ0v) is 21.3. The van der Waals surface area contributed by atoms with Crippen LogP contribution in [0.5, 0.6) is 11.5 Å². The molecule has 4 aromatic rings. The summed E-state index contributed by atoms with van der Waals surface area (Å²) in [7, 11) is 3.44. The summed E-state index contributed by atoms with van der Waals surface area (Å²) in [5, 5.41) is 3.42. The van der Waals surface area contributed by atoms with Crippen LogP contribution in [0.4, 0.5) is 0 Å². The Kier molecular flexibility index (Phi) is 10.4. The number of rotatable bonds is 9. The van der Waals surface area contributed by atoms with Crippen molar-refractivity contribution in [3.63, 3.8) is 0 Å². The average molecular weight is 468 g/mol. The molecule has 3 nitrogen and oxygen atoms in total. The zero-order valence-electron chi connectivity index (χ0n) is 21.3. The van der Waals surface area contributed by atoms with Gasteiger partial charge in [-0.3, -0.25) is 0 Å². The molecule has 0 amide bonds. The van der Waals surface area contributed by atoms with Gasteiger partial charge in [-0.1, -0.05) is 111 Å². The van der Waals surface area contributed by atoms with Crippen LogP contribution in [0.1, 0.15) is 42.0 Å². The molecule has 0 aliphatic heterocycles. The molecule has 0 fully saturated rings. The minimum absolute atomic E-state index is 0.252. The number of nitrogens with one attached hydrogen (secondary N) is 1. The molecule has 0 saturated carbocycles. The molecule has 35 heavy (non-hydrogen) atoms. The van der Waals surface area contributed by atoms with Crippen molar-refractivity contribution in [1.29, 1.82) is 0 Å². The fraction of sp³-hybridized carbons (Fsp3) is 0.250. The molecule has 0 aromatic heterocycles. The second-order valence-corrected chi connectivity index (χ2v) is 8.78. The highest BCUT2D eigenvalue weighted by atomic mass is 16.5. The van der Waals surface area contributed by atoms with E-state index in [-0.39, 0.29) is 5.92 Å². The van der Waals surface area contributed by atoms with Gasteiger partial charge < -0.3 is 14.8 Å². The van der Waals surface area contributed by atoms with Crippen LogP contribution < -0.4 is 14.8 Å². The Labute approximate surface area is 210 Å². The molecule has 0 heterocycles. The Morgan fingerprint density at radius 2 is 0.914 bits per heavy atom. The van der Waals surface area contributed by atoms with Crippen LogP contribution in [0.2, 0.25) is 0 Å². The van der Waals surface area contributed by atoms with Gasteiger partial charge in [0, 0.05) is 30.1 Å². The Bertz CT molecular complexity index is 1040. The summed E-state index contributed by atoms with van der Waals surface area (Å²) in [6.45, 7) is 6.30. The van der Waals surface area contributed by atoms with Crippen LogP contribution >= 0.6 is 0 Å². The van der Waals surface area contributed by atoms with Crippen molar-refractivity contribution in [2.24, 2.45) is 5.92 Å². The average Bonchev–Trinajstić information content (AvgIpc) is 2.91. The van der Waals surface area contributed by atoms with E-state index in [1.54, 1.807) is 14.2 Å². The van der Waals surface area contributed by atoms with Crippen molar-refractivity contribution < 1.29 is 9.47 Å². The Hall–Kier alpha value is -3.56. The molecule has 0 aliphatic carbocycles. The SMILES string of the molecule is COc1ccccc1C(c1ccccc1OC)C(C)C.c1ccc(CNCc2ccccc2)cc1. The van der Waals surface area contributed by atoms with Crippen LogP contribution in [0.15, 0.2) is 109 Å². The summed E-state index contributed by atoms with van der Waals surface area (Å²) in [5.41, 5.74) is 5.06. The van der Waals surface area contributed by atoms with Crippen molar-refractivity contribution in [3.8, 4) is 11.5 Å². The van der Waals surface area contributed by atoms with E-state index < -0.39 is 0 Å². The van der Waals surface area contributed by atoms with Crippen LogP contribution in [0.3, 0.4) is 0 Å². The molecule has 0 bridgehead atoms. The molecule has 0 unspecified atom stereocenters. The van der Waals surface area contributed by atoms with E-state index in [1.165, 1.54) is 22.3 Å². The Morgan fingerprint density at radius 1 is 0.543 bits per heavy atom. The topological polar surface area (TPSA) is 30.5 Å². The van der Waals surface area contributed by atoms with Gasteiger partial charge in [0.25, 0.3) is 0 Å². The largest absolute Gasteiger partial charge is 0.496 e. The molecular formula is C32H37NO2. The number of benzene rings is 4. The van der Waals surface area contributed by atoms with Crippen LogP contribution in [-0.2, 0) is 13.1 Å². The lowest BCUT2D eigenvalue weighted by Gasteiger charge is -2.25. The quantitative estimate of drug-likeness (QED) is 0.277. The standard InChI is InChI=1S/C18H22O2.C14H15N/c1-13(2)18(14-9-5-7-11-16(14)19-3)15-10-6-8-12-17(15)20-4;1-3-7-13(8-4-1)11-15-12-14-9-5-2-6-10-14/h5-13,18H,1-4H3;1-10,15H,11-12H2. The minimum atomic E-state index is 0.252. The molecule has 0 atom stereocenters. The maximum atomic E-state index is 5.53. The highest BCUT2D eigenvalue weighted by Gasteiger charge is 2.24. The maximum absolute atomic E-state index is 5.53. The molecule has 3 heteroatoms. The summed E-state index contributed by atoms with van der Waals surface area (Å²) in [4.78, 5) is 0. The van der Waals surface area contributed by atoms with Crippen LogP contribution in [0.25, 0.3) is 0 Å². The summed E-state index contributed by atoms with van der Waals surface area (Å²) in [5.74, 6) is 2.55. The highest BCUT2D eigenvalue weighted by molar-refractivity contribution is 5.47. The van der Waals surface area contributed by atoms with Crippen molar-refractivity contribution in [2.45, 2.75) is 32.9 Å². The lowest BCUT2D eigenvalue weighted by molar-refractivity contribution is 0.390. The van der Waals surface area contributed by atoms with Crippen LogP contribution in [0, 0.1) is 5.92 Å². The van der Waals surface area contributed by atoms with E-state index in [0.29, 0.717) is 5.92 Å². The first-order chi connectivity index (χ1) is 17.1. The smallest absolute Gasteiger partial charge is 0.122 e. The summed E-state index contributed by atoms with van der Waals surface area (Å²) in [6.07, 6.45) is 0. The molecule has 182 valence electrons. The third-order valence-corrected chi connectivity index (χ3v) is 5.96. The van der Waals surface area contributed by atoms with E-state index in [0.717, 1.165) is 24.6 Å². The Morgan fingerprint density at radius 3 is 1.29 bits per heavy atom. The summed E-state index contributed by atoms with van der Waals surface area (Å²) < 4.78 is 11.1. The highest BCUT2D eigenvalue weighted by Crippen LogP contribution is 2.40. The number of para-hydroxylation sites is 2. The van der Waals surface area contributed by atoms with Crippen molar-refractivity contribution >= 4 is 0 Å². The molecule has 0 radical (unpaired) electrons. The van der Waals surface area contributed by atoms with E-state index in [4.69, 9.17) is 9.47 Å². The molecular weight excluding hydrogens is 430 g/mol. The van der Waals surface area contributed by atoms with E-state index in [1.807, 2.05) is 36.4 Å².